The van der Waals surface area contributed by atoms with Crippen molar-refractivity contribution in [1.29, 1.82) is 0 Å². The van der Waals surface area contributed by atoms with Crippen molar-refractivity contribution in [2.45, 2.75) is 82.7 Å². The number of amides is 2. The van der Waals surface area contributed by atoms with Crippen LogP contribution in [0.15, 0.2) is 0 Å². The summed E-state index contributed by atoms with van der Waals surface area (Å²) in [4.78, 5) is 24.9. The molecule has 3 saturated carbocycles. The maximum absolute atomic E-state index is 12.8. The van der Waals surface area contributed by atoms with Crippen LogP contribution in [0.5, 0.6) is 0 Å². The van der Waals surface area contributed by atoms with Gasteiger partial charge in [-0.1, -0.05) is 19.3 Å². The molecule has 7 heteroatoms. The molecule has 6 nitrogen and oxygen atoms in total. The van der Waals surface area contributed by atoms with Crippen molar-refractivity contribution in [3.05, 3.63) is 0 Å². The third-order valence-electron chi connectivity index (χ3n) is 7.27. The van der Waals surface area contributed by atoms with Crippen LogP contribution in [0.25, 0.3) is 0 Å². The fraction of sp³-hybridized carbons (Fsp3) is 0.900. The number of hydrogen-bond acceptors (Lipinski definition) is 4. The quantitative estimate of drug-likeness (QED) is 0.759. The number of sulfone groups is 1. The Morgan fingerprint density at radius 1 is 0.778 bits per heavy atom. The van der Waals surface area contributed by atoms with Crippen LogP contribution in [0.2, 0.25) is 0 Å². The Hall–Kier alpha value is -1.11. The van der Waals surface area contributed by atoms with E-state index in [1.165, 1.54) is 44.9 Å². The van der Waals surface area contributed by atoms with Crippen molar-refractivity contribution < 1.29 is 18.0 Å². The van der Waals surface area contributed by atoms with Gasteiger partial charge in [0, 0.05) is 12.0 Å². The van der Waals surface area contributed by atoms with Crippen LogP contribution in [0.1, 0.15) is 70.6 Å². The fourth-order valence-electron chi connectivity index (χ4n) is 5.38. The highest BCUT2D eigenvalue weighted by atomic mass is 32.2. The van der Waals surface area contributed by atoms with E-state index >= 15 is 0 Å². The summed E-state index contributed by atoms with van der Waals surface area (Å²) >= 11 is 0. The maximum atomic E-state index is 12.8. The molecule has 27 heavy (non-hydrogen) atoms. The summed E-state index contributed by atoms with van der Waals surface area (Å²) in [5, 5.41) is 5.95. The molecule has 2 atom stereocenters. The molecule has 4 aliphatic rings. The summed E-state index contributed by atoms with van der Waals surface area (Å²) in [5.74, 6) is -1.18. The summed E-state index contributed by atoms with van der Waals surface area (Å²) < 4.78 is 24.2. The first-order valence-electron chi connectivity index (χ1n) is 10.7. The molecule has 2 N–H and O–H groups in total. The topological polar surface area (TPSA) is 92.3 Å². The van der Waals surface area contributed by atoms with Crippen molar-refractivity contribution in [2.24, 2.45) is 17.3 Å². The van der Waals surface area contributed by atoms with Crippen molar-refractivity contribution in [1.82, 2.24) is 10.6 Å². The molecule has 4 rings (SSSR count). The van der Waals surface area contributed by atoms with Gasteiger partial charge >= 0.3 is 0 Å². The minimum Gasteiger partial charge on any atom is -0.353 e. The SMILES string of the molecule is O=C(N[C@@H]1CS(=O)(=O)C[C@H]1C(=O)NC1CCC2(CCCCC2)CC1)C1CC1. The smallest absolute Gasteiger partial charge is 0.226 e. The monoisotopic (exact) mass is 396 g/mol. The lowest BCUT2D eigenvalue weighted by Crippen LogP contribution is -2.50. The van der Waals surface area contributed by atoms with Crippen LogP contribution in [-0.2, 0) is 19.4 Å². The third kappa shape index (κ3) is 4.49. The molecule has 3 aliphatic carbocycles. The molecule has 0 bridgehead atoms. The lowest BCUT2D eigenvalue weighted by atomic mass is 9.64. The number of nitrogens with one attached hydrogen (secondary N) is 2. The average Bonchev–Trinajstić information content (AvgIpc) is 3.43. The molecule has 0 aromatic rings. The van der Waals surface area contributed by atoms with E-state index in [0.717, 1.165) is 25.7 Å². The van der Waals surface area contributed by atoms with Crippen LogP contribution in [0, 0.1) is 17.3 Å². The largest absolute Gasteiger partial charge is 0.353 e. The Morgan fingerprint density at radius 3 is 2.07 bits per heavy atom. The molecule has 0 aromatic heterocycles. The first-order valence-corrected chi connectivity index (χ1v) is 12.5. The summed E-state index contributed by atoms with van der Waals surface area (Å²) in [6, 6.07) is -0.426. The first kappa shape index (κ1) is 19.2. The Balaban J connectivity index is 1.33. The van der Waals surface area contributed by atoms with Gasteiger partial charge in [0.25, 0.3) is 0 Å². The zero-order valence-electron chi connectivity index (χ0n) is 16.0. The van der Waals surface area contributed by atoms with E-state index in [2.05, 4.69) is 10.6 Å². The van der Waals surface area contributed by atoms with Gasteiger partial charge in [-0.25, -0.2) is 8.42 Å². The van der Waals surface area contributed by atoms with Crippen molar-refractivity contribution in [3.63, 3.8) is 0 Å². The van der Waals surface area contributed by atoms with E-state index in [9.17, 15) is 18.0 Å². The first-order chi connectivity index (χ1) is 12.9. The minimum atomic E-state index is -3.28. The standard InChI is InChI=1S/C20H32N2O4S/c23-18(14-4-5-14)22-17-13-27(25,26)12-16(17)19(24)21-15-6-10-20(11-7-15)8-2-1-3-9-20/h14-17H,1-13H2,(H,21,24)(H,22,23)/t16-,17-/m1/s1. The highest BCUT2D eigenvalue weighted by Gasteiger charge is 2.45. The molecular weight excluding hydrogens is 364 g/mol. The Labute approximate surface area is 162 Å². The van der Waals surface area contributed by atoms with E-state index in [4.69, 9.17) is 0 Å². The van der Waals surface area contributed by atoms with Crippen LogP contribution in [-0.4, -0.2) is 43.8 Å². The van der Waals surface area contributed by atoms with Crippen LogP contribution in [0.3, 0.4) is 0 Å². The lowest BCUT2D eigenvalue weighted by Gasteiger charge is -2.43. The molecule has 1 saturated heterocycles. The second kappa shape index (κ2) is 7.37. The van der Waals surface area contributed by atoms with Crippen molar-refractivity contribution in [2.75, 3.05) is 11.5 Å². The molecule has 1 heterocycles. The van der Waals surface area contributed by atoms with Crippen molar-refractivity contribution in [3.8, 4) is 0 Å². The van der Waals surface area contributed by atoms with E-state index < -0.39 is 21.8 Å². The third-order valence-corrected chi connectivity index (χ3v) is 9.01. The van der Waals surface area contributed by atoms with Gasteiger partial charge in [-0.15, -0.1) is 0 Å². The number of carbonyl (C=O) groups is 2. The van der Waals surface area contributed by atoms with Gasteiger partial charge in [-0.3, -0.25) is 9.59 Å². The fourth-order valence-corrected chi connectivity index (χ4v) is 7.31. The van der Waals surface area contributed by atoms with Gasteiger partial charge in [0.1, 0.15) is 0 Å². The van der Waals surface area contributed by atoms with Gasteiger partial charge in [-0.05, 0) is 56.8 Å². The van der Waals surface area contributed by atoms with Gasteiger partial charge in [-0.2, -0.15) is 0 Å². The molecule has 1 spiro atoms. The van der Waals surface area contributed by atoms with Gasteiger partial charge in [0.15, 0.2) is 9.84 Å². The van der Waals surface area contributed by atoms with Gasteiger partial charge < -0.3 is 10.6 Å². The summed E-state index contributed by atoms with van der Waals surface area (Å²) in [6.45, 7) is 0. The lowest BCUT2D eigenvalue weighted by molar-refractivity contribution is -0.127. The maximum Gasteiger partial charge on any atom is 0.226 e. The summed E-state index contributed by atoms with van der Waals surface area (Å²) in [6.07, 6.45) is 12.7. The molecule has 0 radical (unpaired) electrons. The van der Waals surface area contributed by atoms with E-state index in [1.807, 2.05) is 0 Å². The van der Waals surface area contributed by atoms with Crippen LogP contribution in [0.4, 0.5) is 0 Å². The van der Waals surface area contributed by atoms with Crippen LogP contribution < -0.4 is 10.6 Å². The Morgan fingerprint density at radius 2 is 1.44 bits per heavy atom. The number of rotatable bonds is 4. The number of hydrogen-bond donors (Lipinski definition) is 2. The second-order valence-corrected chi connectivity index (χ2v) is 11.6. The molecule has 2 amide bonds. The summed E-state index contributed by atoms with van der Waals surface area (Å²) in [5.41, 5.74) is 0.497. The predicted octanol–water partition coefficient (Wildman–Crippen LogP) is 1.94. The zero-order valence-corrected chi connectivity index (χ0v) is 16.9. The molecule has 4 fully saturated rings. The Kier molecular flexibility index (Phi) is 5.25. The van der Waals surface area contributed by atoms with E-state index in [-0.39, 0.29) is 35.3 Å². The molecule has 152 valence electrons. The predicted molar refractivity (Wildman–Crippen MR) is 103 cm³/mol. The van der Waals surface area contributed by atoms with Crippen molar-refractivity contribution >= 4 is 21.7 Å². The van der Waals surface area contributed by atoms with Gasteiger partial charge in [0.05, 0.1) is 23.5 Å². The molecule has 0 aromatic carbocycles. The minimum absolute atomic E-state index is 0.0158. The number of carbonyl (C=O) groups excluding carboxylic acids is 2. The average molecular weight is 397 g/mol. The zero-order chi connectivity index (χ0) is 19.1. The normalized spacial score (nSPS) is 32.9. The van der Waals surface area contributed by atoms with E-state index in [1.54, 1.807) is 0 Å². The Bertz CT molecular complexity index is 685. The van der Waals surface area contributed by atoms with Gasteiger partial charge in [0.2, 0.25) is 11.8 Å². The highest BCUT2D eigenvalue weighted by Crippen LogP contribution is 2.47. The summed E-state index contributed by atoms with van der Waals surface area (Å²) in [7, 11) is -3.28. The second-order valence-electron chi connectivity index (χ2n) is 9.42. The molecule has 1 aliphatic heterocycles. The van der Waals surface area contributed by atoms with E-state index in [0.29, 0.717) is 5.41 Å². The van der Waals surface area contributed by atoms with Crippen LogP contribution >= 0.6 is 0 Å². The molecular formula is C20H32N2O4S. The molecule has 0 unspecified atom stereocenters. The highest BCUT2D eigenvalue weighted by molar-refractivity contribution is 7.91.